The van der Waals surface area contributed by atoms with E-state index < -0.39 is 15.8 Å². The first-order chi connectivity index (χ1) is 14.8. The van der Waals surface area contributed by atoms with Crippen molar-refractivity contribution >= 4 is 15.9 Å². The Morgan fingerprint density at radius 1 is 1.03 bits per heavy atom. The number of hydrogen-bond acceptors (Lipinski definition) is 4. The number of rotatable bonds is 7. The summed E-state index contributed by atoms with van der Waals surface area (Å²) in [4.78, 5) is 14.6. The molecule has 1 amide bonds. The SMILES string of the molecule is CCc1ccc([C@H](C)NC(=O)CN2CCCN(S(=O)(=O)c3ccc(F)cc3)CC2)cc1. The number of hydrogen-bond donors (Lipinski definition) is 1. The van der Waals surface area contributed by atoms with Crippen LogP contribution < -0.4 is 5.32 Å². The molecular formula is C23H30FN3O3S. The second-order valence-electron chi connectivity index (χ2n) is 7.87. The molecule has 1 heterocycles. The van der Waals surface area contributed by atoms with Gasteiger partial charge in [0.05, 0.1) is 17.5 Å². The van der Waals surface area contributed by atoms with Crippen molar-refractivity contribution in [1.29, 1.82) is 0 Å². The molecule has 8 heteroatoms. The fraction of sp³-hybridized carbons (Fsp3) is 0.435. The molecule has 3 rings (SSSR count). The smallest absolute Gasteiger partial charge is 0.243 e. The lowest BCUT2D eigenvalue weighted by molar-refractivity contribution is -0.122. The maximum atomic E-state index is 13.1. The van der Waals surface area contributed by atoms with Crippen LogP contribution in [-0.4, -0.2) is 56.3 Å². The van der Waals surface area contributed by atoms with Crippen molar-refractivity contribution in [1.82, 2.24) is 14.5 Å². The van der Waals surface area contributed by atoms with E-state index in [0.29, 0.717) is 32.6 Å². The molecule has 168 valence electrons. The van der Waals surface area contributed by atoms with Crippen LogP contribution in [0.2, 0.25) is 0 Å². The maximum absolute atomic E-state index is 13.1. The summed E-state index contributed by atoms with van der Waals surface area (Å²) >= 11 is 0. The lowest BCUT2D eigenvalue weighted by Gasteiger charge is -2.22. The Kier molecular flexibility index (Phi) is 7.80. The van der Waals surface area contributed by atoms with E-state index in [1.54, 1.807) is 0 Å². The van der Waals surface area contributed by atoms with Gasteiger partial charge >= 0.3 is 0 Å². The largest absolute Gasteiger partial charge is 0.348 e. The molecule has 1 fully saturated rings. The topological polar surface area (TPSA) is 69.7 Å². The number of carbonyl (C=O) groups excluding carboxylic acids is 1. The van der Waals surface area contributed by atoms with Crippen LogP contribution in [0.1, 0.15) is 37.4 Å². The standard InChI is InChI=1S/C23H30FN3O3S/c1-3-19-5-7-20(8-6-19)18(2)25-23(28)17-26-13-4-14-27(16-15-26)31(29,30)22-11-9-21(24)10-12-22/h5-12,18H,3-4,13-17H2,1-2H3,(H,25,28)/t18-/m0/s1. The average Bonchev–Trinajstić information content (AvgIpc) is 3.00. The Balaban J connectivity index is 1.54. The van der Waals surface area contributed by atoms with Crippen molar-refractivity contribution in [2.24, 2.45) is 0 Å². The van der Waals surface area contributed by atoms with Crippen LogP contribution in [0.15, 0.2) is 53.4 Å². The van der Waals surface area contributed by atoms with Gasteiger partial charge < -0.3 is 5.32 Å². The zero-order valence-electron chi connectivity index (χ0n) is 18.1. The second kappa shape index (κ2) is 10.3. The predicted octanol–water partition coefficient (Wildman–Crippen LogP) is 2.96. The minimum atomic E-state index is -3.68. The minimum absolute atomic E-state index is 0.0816. The van der Waals surface area contributed by atoms with Gasteiger partial charge in [0.25, 0.3) is 0 Å². The van der Waals surface area contributed by atoms with Gasteiger partial charge in [-0.15, -0.1) is 0 Å². The van der Waals surface area contributed by atoms with Crippen LogP contribution in [0.3, 0.4) is 0 Å². The third-order valence-electron chi connectivity index (χ3n) is 5.63. The first-order valence-electron chi connectivity index (χ1n) is 10.7. The van der Waals surface area contributed by atoms with Gasteiger partial charge in [-0.25, -0.2) is 12.8 Å². The number of carbonyl (C=O) groups is 1. The van der Waals surface area contributed by atoms with E-state index in [1.807, 2.05) is 24.0 Å². The number of nitrogens with zero attached hydrogens (tertiary/aromatic N) is 2. The quantitative estimate of drug-likeness (QED) is 0.709. The predicted molar refractivity (Wildman–Crippen MR) is 119 cm³/mol. The highest BCUT2D eigenvalue weighted by Gasteiger charge is 2.27. The Labute approximate surface area is 184 Å². The number of amides is 1. The zero-order valence-corrected chi connectivity index (χ0v) is 18.9. The van der Waals surface area contributed by atoms with Crippen molar-refractivity contribution in [3.63, 3.8) is 0 Å². The summed E-state index contributed by atoms with van der Waals surface area (Å²) in [6.07, 6.45) is 1.60. The van der Waals surface area contributed by atoms with Crippen molar-refractivity contribution in [3.8, 4) is 0 Å². The zero-order chi connectivity index (χ0) is 22.4. The fourth-order valence-electron chi connectivity index (χ4n) is 3.72. The van der Waals surface area contributed by atoms with Crippen LogP contribution >= 0.6 is 0 Å². The molecular weight excluding hydrogens is 417 g/mol. The normalized spacial score (nSPS) is 17.1. The molecule has 0 bridgehead atoms. The fourth-order valence-corrected chi connectivity index (χ4v) is 5.19. The van der Waals surface area contributed by atoms with E-state index >= 15 is 0 Å². The van der Waals surface area contributed by atoms with Crippen molar-refractivity contribution in [2.75, 3.05) is 32.7 Å². The molecule has 1 saturated heterocycles. The van der Waals surface area contributed by atoms with E-state index in [4.69, 9.17) is 0 Å². The van der Waals surface area contributed by atoms with Crippen molar-refractivity contribution in [2.45, 2.75) is 37.6 Å². The third kappa shape index (κ3) is 6.12. The van der Waals surface area contributed by atoms with Gasteiger partial charge in [0.15, 0.2) is 0 Å². The Morgan fingerprint density at radius 3 is 2.35 bits per heavy atom. The first kappa shape index (κ1) is 23.4. The van der Waals surface area contributed by atoms with Gasteiger partial charge in [-0.3, -0.25) is 9.69 Å². The lowest BCUT2D eigenvalue weighted by Crippen LogP contribution is -2.40. The minimum Gasteiger partial charge on any atom is -0.348 e. The van der Waals surface area contributed by atoms with E-state index in [2.05, 4.69) is 24.4 Å². The first-order valence-corrected chi connectivity index (χ1v) is 12.1. The number of halogens is 1. The summed E-state index contributed by atoms with van der Waals surface area (Å²) in [5, 5.41) is 3.03. The van der Waals surface area contributed by atoms with E-state index in [9.17, 15) is 17.6 Å². The molecule has 0 saturated carbocycles. The summed E-state index contributed by atoms with van der Waals surface area (Å²) in [7, 11) is -3.68. The summed E-state index contributed by atoms with van der Waals surface area (Å²) < 4.78 is 40.2. The highest BCUT2D eigenvalue weighted by molar-refractivity contribution is 7.89. The molecule has 2 aromatic rings. The van der Waals surface area contributed by atoms with Crippen LogP contribution in [0.5, 0.6) is 0 Å². The van der Waals surface area contributed by atoms with Gasteiger partial charge in [0.2, 0.25) is 15.9 Å². The molecule has 0 aliphatic carbocycles. The van der Waals surface area contributed by atoms with E-state index in [-0.39, 0.29) is 23.4 Å². The molecule has 0 spiro atoms. The van der Waals surface area contributed by atoms with E-state index in [0.717, 1.165) is 24.1 Å². The monoisotopic (exact) mass is 447 g/mol. The maximum Gasteiger partial charge on any atom is 0.243 e. The van der Waals surface area contributed by atoms with Crippen molar-refractivity contribution in [3.05, 3.63) is 65.5 Å². The summed E-state index contributed by atoms with van der Waals surface area (Å²) in [5.74, 6) is -0.551. The highest BCUT2D eigenvalue weighted by atomic mass is 32.2. The molecule has 1 aliphatic rings. The number of benzene rings is 2. The third-order valence-corrected chi connectivity index (χ3v) is 7.54. The summed E-state index contributed by atoms with van der Waals surface area (Å²) in [6.45, 7) is 6.06. The molecule has 1 aliphatic heterocycles. The lowest BCUT2D eigenvalue weighted by atomic mass is 10.1. The van der Waals surface area contributed by atoms with Gasteiger partial charge in [-0.05, 0) is 61.7 Å². The van der Waals surface area contributed by atoms with Crippen molar-refractivity contribution < 1.29 is 17.6 Å². The Bertz CT molecular complexity index is 978. The Morgan fingerprint density at radius 2 is 1.71 bits per heavy atom. The summed E-state index contributed by atoms with van der Waals surface area (Å²) in [6, 6.07) is 13.0. The van der Waals surface area contributed by atoms with Crippen LogP contribution in [0.4, 0.5) is 4.39 Å². The second-order valence-corrected chi connectivity index (χ2v) is 9.81. The molecule has 1 N–H and O–H groups in total. The number of sulfonamides is 1. The van der Waals surface area contributed by atoms with Crippen LogP contribution in [0, 0.1) is 5.82 Å². The van der Waals surface area contributed by atoms with E-state index in [1.165, 1.54) is 22.0 Å². The Hall–Kier alpha value is -2.29. The highest BCUT2D eigenvalue weighted by Crippen LogP contribution is 2.18. The van der Waals surface area contributed by atoms with Gasteiger partial charge in [-0.1, -0.05) is 31.2 Å². The number of nitrogens with one attached hydrogen (secondary N) is 1. The van der Waals surface area contributed by atoms with Gasteiger partial charge in [-0.2, -0.15) is 4.31 Å². The van der Waals surface area contributed by atoms with Crippen LogP contribution in [0.25, 0.3) is 0 Å². The van der Waals surface area contributed by atoms with Gasteiger partial charge in [0, 0.05) is 19.6 Å². The van der Waals surface area contributed by atoms with Gasteiger partial charge in [0.1, 0.15) is 5.82 Å². The molecule has 2 aromatic carbocycles. The molecule has 31 heavy (non-hydrogen) atoms. The molecule has 0 aromatic heterocycles. The van der Waals surface area contributed by atoms with Crippen LogP contribution in [-0.2, 0) is 21.2 Å². The summed E-state index contributed by atoms with van der Waals surface area (Å²) in [5.41, 5.74) is 2.31. The number of aryl methyl sites for hydroxylation is 1. The molecule has 6 nitrogen and oxygen atoms in total. The average molecular weight is 448 g/mol. The molecule has 1 atom stereocenters. The molecule has 0 unspecified atom stereocenters. The molecule has 0 radical (unpaired) electrons.